The Bertz CT molecular complexity index is 573. The van der Waals surface area contributed by atoms with Crippen LogP contribution in [0.1, 0.15) is 12.2 Å². The van der Waals surface area contributed by atoms with Crippen molar-refractivity contribution in [2.45, 2.75) is 12.2 Å². The third kappa shape index (κ3) is 5.99. The Balaban J connectivity index is 1.57. The topological polar surface area (TPSA) is 46.4 Å². The van der Waals surface area contributed by atoms with Gasteiger partial charge in [0.05, 0.1) is 19.1 Å². The van der Waals surface area contributed by atoms with Gasteiger partial charge in [-0.15, -0.1) is 0 Å². The lowest BCUT2D eigenvalue weighted by molar-refractivity contribution is 0.415. The van der Waals surface area contributed by atoms with Crippen LogP contribution in [0, 0.1) is 0 Å². The maximum Gasteiger partial charge on any atom is 0.170 e. The van der Waals surface area contributed by atoms with Gasteiger partial charge in [-0.2, -0.15) is 11.8 Å². The molecule has 2 rings (SSSR count). The molecule has 6 heteroatoms. The zero-order valence-corrected chi connectivity index (χ0v) is 14.1. The third-order valence-corrected chi connectivity index (χ3v) is 4.22. The van der Waals surface area contributed by atoms with Crippen LogP contribution in [0.2, 0.25) is 0 Å². The number of ether oxygens (including phenoxy) is 1. The summed E-state index contributed by atoms with van der Waals surface area (Å²) >= 11 is 7.13. The average Bonchev–Trinajstić information content (AvgIpc) is 3.04. The summed E-state index contributed by atoms with van der Waals surface area (Å²) in [6, 6.07) is 11.6. The predicted molar refractivity (Wildman–Crippen MR) is 96.7 cm³/mol. The molecule has 4 nitrogen and oxygen atoms in total. The molecule has 0 aliphatic rings. The van der Waals surface area contributed by atoms with Gasteiger partial charge in [-0.3, -0.25) is 0 Å². The number of anilines is 1. The Labute approximate surface area is 140 Å². The van der Waals surface area contributed by atoms with Crippen molar-refractivity contribution in [2.24, 2.45) is 0 Å². The third-order valence-electron chi connectivity index (χ3n) is 2.90. The number of thioether (sulfide) groups is 1. The fraction of sp³-hybridized carbons (Fsp3) is 0.312. The van der Waals surface area contributed by atoms with E-state index in [9.17, 15) is 0 Å². The Morgan fingerprint density at radius 1 is 1.32 bits per heavy atom. The van der Waals surface area contributed by atoms with Crippen molar-refractivity contribution in [2.75, 3.05) is 24.7 Å². The highest BCUT2D eigenvalue weighted by Gasteiger charge is 2.00. The number of hydrogen-bond acceptors (Lipinski definition) is 4. The molecule has 1 heterocycles. The average molecular weight is 336 g/mol. The van der Waals surface area contributed by atoms with Gasteiger partial charge in [-0.05, 0) is 48.7 Å². The van der Waals surface area contributed by atoms with Crippen LogP contribution in [-0.2, 0) is 5.75 Å². The molecule has 2 N–H and O–H groups in total. The molecule has 0 amide bonds. The molecule has 1 aromatic heterocycles. The molecule has 0 saturated heterocycles. The van der Waals surface area contributed by atoms with Crippen molar-refractivity contribution in [3.63, 3.8) is 0 Å². The number of methoxy groups -OCH3 is 1. The van der Waals surface area contributed by atoms with Crippen molar-refractivity contribution < 1.29 is 9.15 Å². The van der Waals surface area contributed by atoms with Gasteiger partial charge in [0.1, 0.15) is 11.5 Å². The summed E-state index contributed by atoms with van der Waals surface area (Å²) < 4.78 is 10.5. The molecule has 0 saturated carbocycles. The van der Waals surface area contributed by atoms with Crippen molar-refractivity contribution in [3.8, 4) is 5.75 Å². The lowest BCUT2D eigenvalue weighted by atomic mass is 10.3. The number of thiocarbonyl (C=S) groups is 1. The number of nitrogens with one attached hydrogen (secondary N) is 2. The van der Waals surface area contributed by atoms with E-state index in [-0.39, 0.29) is 0 Å². The Morgan fingerprint density at radius 3 is 3.00 bits per heavy atom. The Morgan fingerprint density at radius 2 is 2.23 bits per heavy atom. The first-order chi connectivity index (χ1) is 10.8. The van der Waals surface area contributed by atoms with Crippen LogP contribution in [0.15, 0.2) is 47.1 Å². The Hall–Kier alpha value is -1.66. The molecule has 1 aromatic carbocycles. The van der Waals surface area contributed by atoms with Crippen LogP contribution >= 0.6 is 24.0 Å². The molecule has 0 spiro atoms. The summed E-state index contributed by atoms with van der Waals surface area (Å²) in [4.78, 5) is 0. The molecule has 0 unspecified atom stereocenters. The van der Waals surface area contributed by atoms with Crippen LogP contribution in [0.25, 0.3) is 0 Å². The normalized spacial score (nSPS) is 10.2. The molecule has 2 aromatic rings. The molecular weight excluding hydrogens is 316 g/mol. The summed E-state index contributed by atoms with van der Waals surface area (Å²) in [6.45, 7) is 0.848. The monoisotopic (exact) mass is 336 g/mol. The second kappa shape index (κ2) is 9.38. The van der Waals surface area contributed by atoms with E-state index in [1.54, 1.807) is 13.4 Å². The molecule has 0 aliphatic heterocycles. The first kappa shape index (κ1) is 16.7. The molecule has 0 radical (unpaired) electrons. The maximum absolute atomic E-state index is 5.29. The lowest BCUT2D eigenvalue weighted by Crippen LogP contribution is -2.29. The summed E-state index contributed by atoms with van der Waals surface area (Å²) in [5.41, 5.74) is 0.920. The van der Waals surface area contributed by atoms with Crippen molar-refractivity contribution in [1.29, 1.82) is 0 Å². The van der Waals surface area contributed by atoms with Gasteiger partial charge in [-0.25, -0.2) is 0 Å². The summed E-state index contributed by atoms with van der Waals surface area (Å²) in [7, 11) is 1.65. The smallest absolute Gasteiger partial charge is 0.170 e. The van der Waals surface area contributed by atoms with E-state index in [2.05, 4.69) is 10.6 Å². The lowest BCUT2D eigenvalue weighted by Gasteiger charge is -2.11. The van der Waals surface area contributed by atoms with Crippen LogP contribution < -0.4 is 15.4 Å². The van der Waals surface area contributed by atoms with Crippen LogP contribution in [0.4, 0.5) is 5.69 Å². The fourth-order valence-electron chi connectivity index (χ4n) is 1.82. The quantitative estimate of drug-likeness (QED) is 0.563. The predicted octanol–water partition coefficient (Wildman–Crippen LogP) is 3.90. The number of benzene rings is 1. The van der Waals surface area contributed by atoms with E-state index in [0.29, 0.717) is 5.11 Å². The van der Waals surface area contributed by atoms with Crippen molar-refractivity contribution in [3.05, 3.63) is 48.4 Å². The Kier molecular flexibility index (Phi) is 7.12. The van der Waals surface area contributed by atoms with Gasteiger partial charge in [0.2, 0.25) is 0 Å². The minimum absolute atomic E-state index is 0.629. The first-order valence-corrected chi connectivity index (χ1v) is 8.63. The largest absolute Gasteiger partial charge is 0.497 e. The van der Waals surface area contributed by atoms with E-state index in [0.717, 1.165) is 41.7 Å². The second-order valence-corrected chi connectivity index (χ2v) is 6.11. The van der Waals surface area contributed by atoms with Crippen LogP contribution in [-0.4, -0.2) is 24.5 Å². The summed E-state index contributed by atoms with van der Waals surface area (Å²) in [6.07, 6.45) is 2.76. The van der Waals surface area contributed by atoms with Crippen molar-refractivity contribution >= 4 is 34.8 Å². The van der Waals surface area contributed by atoms with E-state index >= 15 is 0 Å². The first-order valence-electron chi connectivity index (χ1n) is 7.07. The molecular formula is C16H20N2O2S2. The molecule has 22 heavy (non-hydrogen) atoms. The van der Waals surface area contributed by atoms with Gasteiger partial charge in [0.25, 0.3) is 0 Å². The van der Waals surface area contributed by atoms with Gasteiger partial charge in [0, 0.05) is 18.3 Å². The van der Waals surface area contributed by atoms with Gasteiger partial charge in [-0.1, -0.05) is 6.07 Å². The van der Waals surface area contributed by atoms with E-state index < -0.39 is 0 Å². The maximum atomic E-state index is 5.29. The van der Waals surface area contributed by atoms with Gasteiger partial charge < -0.3 is 19.8 Å². The fourth-order valence-corrected chi connectivity index (χ4v) is 2.90. The summed E-state index contributed by atoms with van der Waals surface area (Å²) in [5, 5.41) is 6.98. The summed E-state index contributed by atoms with van der Waals surface area (Å²) in [5.74, 6) is 3.81. The number of rotatable bonds is 8. The zero-order chi connectivity index (χ0) is 15.6. The van der Waals surface area contributed by atoms with E-state index in [1.165, 1.54) is 0 Å². The highest BCUT2D eigenvalue weighted by molar-refractivity contribution is 7.98. The molecule has 0 bridgehead atoms. The number of furan rings is 1. The SMILES string of the molecule is COc1cccc(NC(=S)NCCCSCc2ccco2)c1. The van der Waals surface area contributed by atoms with Crippen molar-refractivity contribution in [1.82, 2.24) is 5.32 Å². The molecule has 0 fully saturated rings. The minimum atomic E-state index is 0.629. The number of hydrogen-bond donors (Lipinski definition) is 2. The van der Waals surface area contributed by atoms with Crippen LogP contribution in [0.5, 0.6) is 5.75 Å². The molecule has 118 valence electrons. The highest BCUT2D eigenvalue weighted by atomic mass is 32.2. The second-order valence-electron chi connectivity index (χ2n) is 4.60. The minimum Gasteiger partial charge on any atom is -0.497 e. The van der Waals surface area contributed by atoms with Gasteiger partial charge in [0.15, 0.2) is 5.11 Å². The highest BCUT2D eigenvalue weighted by Crippen LogP contribution is 2.16. The van der Waals surface area contributed by atoms with E-state index in [4.69, 9.17) is 21.4 Å². The standard InChI is InChI=1S/C16H20N2O2S2/c1-19-14-6-2-5-13(11-14)18-16(21)17-8-4-10-22-12-15-7-3-9-20-15/h2-3,5-7,9,11H,4,8,10,12H2,1H3,(H2,17,18,21). The van der Waals surface area contributed by atoms with E-state index in [1.807, 2.05) is 48.2 Å². The van der Waals surface area contributed by atoms with Gasteiger partial charge >= 0.3 is 0 Å². The molecule has 0 atom stereocenters. The molecule has 0 aliphatic carbocycles. The zero-order valence-electron chi connectivity index (χ0n) is 12.5. The van der Waals surface area contributed by atoms with Crippen LogP contribution in [0.3, 0.4) is 0 Å².